The van der Waals surface area contributed by atoms with Gasteiger partial charge < -0.3 is 4.98 Å². The molecule has 0 radical (unpaired) electrons. The minimum atomic E-state index is 0.0213. The van der Waals surface area contributed by atoms with Crippen molar-refractivity contribution in [3.8, 4) is 0 Å². The lowest BCUT2D eigenvalue weighted by Gasteiger charge is -1.95. The zero-order valence-corrected chi connectivity index (χ0v) is 8.89. The van der Waals surface area contributed by atoms with Crippen molar-refractivity contribution in [3.63, 3.8) is 0 Å². The molecule has 0 atom stereocenters. The largest absolute Gasteiger partial charge is 0.342 e. The summed E-state index contributed by atoms with van der Waals surface area (Å²) < 4.78 is 1.02. The summed E-state index contributed by atoms with van der Waals surface area (Å²) in [7, 11) is 0. The van der Waals surface area contributed by atoms with E-state index < -0.39 is 0 Å². The molecular formula is C11H8N2OS. The Balaban J connectivity index is 2.69. The molecule has 2 aromatic heterocycles. The first kappa shape index (κ1) is 8.61. The van der Waals surface area contributed by atoms with Crippen LogP contribution in [0, 0.1) is 6.92 Å². The minimum Gasteiger partial charge on any atom is -0.342 e. The van der Waals surface area contributed by atoms with Gasteiger partial charge in [-0.05, 0) is 13.0 Å². The fourth-order valence-electron chi connectivity index (χ4n) is 1.74. The van der Waals surface area contributed by atoms with Crippen LogP contribution in [0.1, 0.15) is 5.82 Å². The molecule has 3 aromatic rings. The molecule has 0 unspecified atom stereocenters. The Bertz CT molecular complexity index is 711. The average Bonchev–Trinajstić information content (AvgIpc) is 2.61. The molecule has 0 amide bonds. The van der Waals surface area contributed by atoms with Crippen LogP contribution in [0.4, 0.5) is 0 Å². The molecule has 0 aliphatic rings. The lowest BCUT2D eigenvalue weighted by atomic mass is 10.2. The number of hydrogen-bond donors (Lipinski definition) is 1. The van der Waals surface area contributed by atoms with Crippen molar-refractivity contribution in [2.24, 2.45) is 0 Å². The predicted octanol–water partition coefficient (Wildman–Crippen LogP) is 2.45. The van der Waals surface area contributed by atoms with E-state index >= 15 is 0 Å². The van der Waals surface area contributed by atoms with Crippen LogP contribution in [0.2, 0.25) is 0 Å². The second-order valence-electron chi connectivity index (χ2n) is 3.43. The van der Waals surface area contributed by atoms with Crippen LogP contribution in [-0.2, 0) is 0 Å². The highest BCUT2D eigenvalue weighted by Gasteiger charge is 2.08. The Hall–Kier alpha value is -1.68. The zero-order chi connectivity index (χ0) is 10.4. The number of aromatic nitrogens is 2. The highest BCUT2D eigenvalue weighted by atomic mass is 32.1. The van der Waals surface area contributed by atoms with Crippen LogP contribution >= 0.6 is 11.3 Å². The van der Waals surface area contributed by atoms with Gasteiger partial charge in [0.05, 0.1) is 5.52 Å². The van der Waals surface area contributed by atoms with Crippen LogP contribution in [0.25, 0.3) is 21.1 Å². The van der Waals surface area contributed by atoms with Gasteiger partial charge in [-0.15, -0.1) is 0 Å². The van der Waals surface area contributed by atoms with Crippen LogP contribution in [0.15, 0.2) is 29.1 Å². The summed E-state index contributed by atoms with van der Waals surface area (Å²) in [5.41, 5.74) is 1.41. The summed E-state index contributed by atoms with van der Waals surface area (Å²) in [6.45, 7) is 1.86. The first-order valence-electron chi connectivity index (χ1n) is 4.64. The molecule has 0 bridgehead atoms. The van der Waals surface area contributed by atoms with Crippen molar-refractivity contribution >= 4 is 32.5 Å². The van der Waals surface area contributed by atoms with Crippen molar-refractivity contribution in [2.45, 2.75) is 6.92 Å². The third-order valence-corrected chi connectivity index (χ3v) is 3.33. The van der Waals surface area contributed by atoms with Gasteiger partial charge in [-0.2, -0.15) is 0 Å². The third-order valence-electron chi connectivity index (χ3n) is 2.37. The number of aromatic amines is 1. The van der Waals surface area contributed by atoms with Gasteiger partial charge in [-0.25, -0.2) is 4.98 Å². The number of H-pyrrole nitrogens is 1. The standard InChI is InChI=1S/C11H8N2OS/c1-6-12-9-7-4-2-3-5-8(7)15-11(14)10(9)13-6/h2-5H,1H3,(H,12,13). The quantitative estimate of drug-likeness (QED) is 0.627. The van der Waals surface area contributed by atoms with E-state index in [0.717, 1.165) is 21.4 Å². The molecule has 1 N–H and O–H groups in total. The van der Waals surface area contributed by atoms with Gasteiger partial charge in [0.2, 0.25) is 0 Å². The van der Waals surface area contributed by atoms with E-state index in [1.54, 1.807) is 0 Å². The average molecular weight is 216 g/mol. The fourth-order valence-corrected chi connectivity index (χ4v) is 2.62. The number of aryl methyl sites for hydroxylation is 1. The van der Waals surface area contributed by atoms with Crippen LogP contribution in [0.5, 0.6) is 0 Å². The van der Waals surface area contributed by atoms with E-state index in [1.165, 1.54) is 11.3 Å². The van der Waals surface area contributed by atoms with E-state index in [2.05, 4.69) is 9.97 Å². The molecule has 1 aromatic carbocycles. The molecule has 0 fully saturated rings. The van der Waals surface area contributed by atoms with Crippen LogP contribution in [-0.4, -0.2) is 9.97 Å². The summed E-state index contributed by atoms with van der Waals surface area (Å²) in [6.07, 6.45) is 0. The number of fused-ring (bicyclic) bond motifs is 3. The Morgan fingerprint density at radius 1 is 1.33 bits per heavy atom. The molecule has 4 heteroatoms. The zero-order valence-electron chi connectivity index (χ0n) is 8.07. The van der Waals surface area contributed by atoms with Crippen LogP contribution in [0.3, 0.4) is 0 Å². The second-order valence-corrected chi connectivity index (χ2v) is 4.45. The number of rotatable bonds is 0. The van der Waals surface area contributed by atoms with Gasteiger partial charge in [0.1, 0.15) is 11.3 Å². The fraction of sp³-hybridized carbons (Fsp3) is 0.0909. The van der Waals surface area contributed by atoms with E-state index in [4.69, 9.17) is 0 Å². The van der Waals surface area contributed by atoms with Gasteiger partial charge in [0.25, 0.3) is 4.74 Å². The first-order valence-corrected chi connectivity index (χ1v) is 5.45. The van der Waals surface area contributed by atoms with Gasteiger partial charge in [0.15, 0.2) is 0 Å². The highest BCUT2D eigenvalue weighted by Crippen LogP contribution is 2.23. The first-order chi connectivity index (χ1) is 7.25. The summed E-state index contributed by atoms with van der Waals surface area (Å²) in [4.78, 5) is 19.1. The number of benzene rings is 1. The lowest BCUT2D eigenvalue weighted by molar-refractivity contribution is 1.17. The summed E-state index contributed by atoms with van der Waals surface area (Å²) in [5.74, 6) is 0.783. The van der Waals surface area contributed by atoms with E-state index in [9.17, 15) is 4.79 Å². The molecule has 0 aliphatic heterocycles. The van der Waals surface area contributed by atoms with Gasteiger partial charge in [-0.1, -0.05) is 29.5 Å². The number of nitrogens with zero attached hydrogens (tertiary/aromatic N) is 1. The molecule has 2 heterocycles. The molecule has 0 saturated carbocycles. The van der Waals surface area contributed by atoms with Crippen LogP contribution < -0.4 is 4.74 Å². The molecule has 0 spiro atoms. The summed E-state index contributed by atoms with van der Waals surface area (Å²) in [5, 5.41) is 1.07. The van der Waals surface area contributed by atoms with E-state index in [1.807, 2.05) is 31.2 Å². The van der Waals surface area contributed by atoms with Crippen molar-refractivity contribution in [2.75, 3.05) is 0 Å². The maximum atomic E-state index is 11.7. The second kappa shape index (κ2) is 2.90. The van der Waals surface area contributed by atoms with Crippen molar-refractivity contribution in [3.05, 3.63) is 39.6 Å². The maximum absolute atomic E-state index is 11.7. The molecule has 0 saturated heterocycles. The van der Waals surface area contributed by atoms with Gasteiger partial charge in [-0.3, -0.25) is 4.79 Å². The number of imidazole rings is 1. The topological polar surface area (TPSA) is 45.8 Å². The van der Waals surface area contributed by atoms with Crippen molar-refractivity contribution in [1.29, 1.82) is 0 Å². The Morgan fingerprint density at radius 2 is 2.13 bits per heavy atom. The summed E-state index contributed by atoms with van der Waals surface area (Å²) in [6, 6.07) is 7.87. The van der Waals surface area contributed by atoms with Crippen molar-refractivity contribution < 1.29 is 0 Å². The summed E-state index contributed by atoms with van der Waals surface area (Å²) >= 11 is 1.25. The monoisotopic (exact) mass is 216 g/mol. The van der Waals surface area contributed by atoms with E-state index in [-0.39, 0.29) is 4.74 Å². The van der Waals surface area contributed by atoms with E-state index in [0.29, 0.717) is 5.52 Å². The lowest BCUT2D eigenvalue weighted by Crippen LogP contribution is -1.94. The maximum Gasteiger partial charge on any atom is 0.260 e. The molecule has 15 heavy (non-hydrogen) atoms. The molecule has 0 aliphatic carbocycles. The highest BCUT2D eigenvalue weighted by molar-refractivity contribution is 7.16. The third kappa shape index (κ3) is 1.18. The number of hydrogen-bond acceptors (Lipinski definition) is 3. The molecule has 3 nitrogen and oxygen atoms in total. The predicted molar refractivity (Wildman–Crippen MR) is 62.5 cm³/mol. The minimum absolute atomic E-state index is 0.0213. The Labute approximate surface area is 89.4 Å². The normalized spacial score (nSPS) is 11.3. The van der Waals surface area contributed by atoms with Crippen molar-refractivity contribution in [1.82, 2.24) is 9.97 Å². The van der Waals surface area contributed by atoms with Gasteiger partial charge >= 0.3 is 0 Å². The smallest absolute Gasteiger partial charge is 0.260 e. The Morgan fingerprint density at radius 3 is 3.00 bits per heavy atom. The SMILES string of the molecule is Cc1nc2c(=O)sc3ccccc3c2[nH]1. The molecule has 3 rings (SSSR count). The van der Waals surface area contributed by atoms with Gasteiger partial charge in [0, 0.05) is 10.1 Å². The number of nitrogens with one attached hydrogen (secondary N) is 1. The Kier molecular flexibility index (Phi) is 1.67. The molecular weight excluding hydrogens is 208 g/mol. The molecule has 74 valence electrons.